The number of hydrogen-bond acceptors (Lipinski definition) is 3. The molecule has 2 bridgehead atoms. The molecule has 2 heterocycles. The summed E-state index contributed by atoms with van der Waals surface area (Å²) in [5.74, 6) is -0.505. The van der Waals surface area contributed by atoms with E-state index in [1.54, 1.807) is 19.1 Å². The fraction of sp³-hybridized carbons (Fsp3) is 0.619. The fourth-order valence-electron chi connectivity index (χ4n) is 4.30. The molecule has 0 radical (unpaired) electrons. The molecule has 0 aromatic heterocycles. The summed E-state index contributed by atoms with van der Waals surface area (Å²) in [5, 5.41) is 0. The molecule has 2 aliphatic heterocycles. The van der Waals surface area contributed by atoms with Gasteiger partial charge in [-0.1, -0.05) is 12.1 Å². The van der Waals surface area contributed by atoms with Gasteiger partial charge in [0.2, 0.25) is 0 Å². The van der Waals surface area contributed by atoms with Crippen LogP contribution in [0.4, 0.5) is 9.18 Å². The normalized spacial score (nSPS) is 25.7. The molecule has 3 rings (SSSR count). The molecule has 2 atom stereocenters. The van der Waals surface area contributed by atoms with Gasteiger partial charge in [-0.2, -0.15) is 0 Å². The molecule has 1 amide bonds. The number of halogens is 1. The fourth-order valence-corrected chi connectivity index (χ4v) is 4.30. The van der Waals surface area contributed by atoms with Gasteiger partial charge in [-0.05, 0) is 71.4 Å². The Bertz CT molecular complexity index is 696. The average Bonchev–Trinajstić information content (AvgIpc) is 2.54. The molecule has 5 heteroatoms. The number of carbonyl (C=O) groups is 2. The maximum absolute atomic E-state index is 13.8. The molecule has 1 aromatic rings. The zero-order valence-electron chi connectivity index (χ0n) is 16.0. The monoisotopic (exact) mass is 361 g/mol. The number of ketones is 1. The van der Waals surface area contributed by atoms with Gasteiger partial charge in [0.1, 0.15) is 11.4 Å². The van der Waals surface area contributed by atoms with Crippen LogP contribution in [0, 0.1) is 18.7 Å². The van der Waals surface area contributed by atoms with Crippen molar-refractivity contribution in [3.63, 3.8) is 0 Å². The van der Waals surface area contributed by atoms with E-state index in [9.17, 15) is 14.0 Å². The molecule has 26 heavy (non-hydrogen) atoms. The molecule has 1 aromatic carbocycles. The molecule has 2 unspecified atom stereocenters. The van der Waals surface area contributed by atoms with Crippen molar-refractivity contribution in [1.29, 1.82) is 0 Å². The van der Waals surface area contributed by atoms with Gasteiger partial charge in [0.05, 0.1) is 0 Å². The van der Waals surface area contributed by atoms with Crippen LogP contribution in [0.15, 0.2) is 18.2 Å². The molecule has 4 nitrogen and oxygen atoms in total. The lowest BCUT2D eigenvalue weighted by molar-refractivity contribution is -0.0260. The molecule has 2 saturated heterocycles. The summed E-state index contributed by atoms with van der Waals surface area (Å²) < 4.78 is 19.4. The molecule has 2 aliphatic rings. The predicted molar refractivity (Wildman–Crippen MR) is 97.7 cm³/mol. The maximum atomic E-state index is 13.8. The van der Waals surface area contributed by atoms with E-state index in [1.807, 2.05) is 25.7 Å². The number of amides is 1. The Morgan fingerprint density at radius 1 is 1.15 bits per heavy atom. The molecule has 0 spiro atoms. The molecule has 0 aliphatic carbocycles. The number of hydrogen-bond donors (Lipinski definition) is 0. The number of nitrogens with zero attached hydrogens (tertiary/aromatic N) is 1. The van der Waals surface area contributed by atoms with Crippen molar-refractivity contribution in [2.75, 3.05) is 0 Å². The van der Waals surface area contributed by atoms with E-state index in [-0.39, 0.29) is 35.7 Å². The van der Waals surface area contributed by atoms with Crippen LogP contribution in [-0.2, 0) is 4.74 Å². The minimum atomic E-state index is -0.531. The van der Waals surface area contributed by atoms with Crippen LogP contribution in [0.5, 0.6) is 0 Å². The van der Waals surface area contributed by atoms with Gasteiger partial charge in [-0.15, -0.1) is 0 Å². The van der Waals surface area contributed by atoms with Gasteiger partial charge in [-0.25, -0.2) is 9.18 Å². The largest absolute Gasteiger partial charge is 0.444 e. The molecule has 142 valence electrons. The first-order valence-corrected chi connectivity index (χ1v) is 9.48. The summed E-state index contributed by atoms with van der Waals surface area (Å²) in [6, 6.07) is 4.73. The van der Waals surface area contributed by atoms with Crippen LogP contribution >= 0.6 is 0 Å². The summed E-state index contributed by atoms with van der Waals surface area (Å²) in [7, 11) is 0. The smallest absolute Gasteiger partial charge is 0.410 e. The molecule has 2 fully saturated rings. The van der Waals surface area contributed by atoms with E-state index in [2.05, 4.69) is 0 Å². The quantitative estimate of drug-likeness (QED) is 0.705. The van der Waals surface area contributed by atoms with Crippen LogP contribution in [0.1, 0.15) is 68.8 Å². The number of Topliss-reactive ketones (excluding diaryl/α,β-unsaturated/α-hetero) is 1. The second-order valence-corrected chi connectivity index (χ2v) is 8.57. The van der Waals surface area contributed by atoms with E-state index in [0.717, 1.165) is 19.3 Å². The van der Waals surface area contributed by atoms with Gasteiger partial charge in [0.15, 0.2) is 5.78 Å². The van der Waals surface area contributed by atoms with Crippen molar-refractivity contribution in [2.24, 2.45) is 5.92 Å². The minimum absolute atomic E-state index is 0.00254. The first-order chi connectivity index (χ1) is 12.2. The summed E-state index contributed by atoms with van der Waals surface area (Å²) in [5.41, 5.74) is 0.354. The Balaban J connectivity index is 1.78. The van der Waals surface area contributed by atoms with Crippen molar-refractivity contribution < 1.29 is 18.7 Å². The number of benzene rings is 1. The van der Waals surface area contributed by atoms with Gasteiger partial charge in [0.25, 0.3) is 0 Å². The van der Waals surface area contributed by atoms with Crippen LogP contribution in [-0.4, -0.2) is 34.5 Å². The minimum Gasteiger partial charge on any atom is -0.444 e. The highest BCUT2D eigenvalue weighted by molar-refractivity contribution is 5.99. The third kappa shape index (κ3) is 3.76. The standard InChI is InChI=1S/C21H28FNO3/c1-13-17(9-6-10-18(13)22)19(24)14-11-15-7-5-8-16(12-14)23(15)20(25)26-21(2,3)4/h6,9-10,14-16H,5,7-8,11-12H2,1-4H3. The maximum Gasteiger partial charge on any atom is 0.410 e. The van der Waals surface area contributed by atoms with Crippen molar-refractivity contribution in [1.82, 2.24) is 4.90 Å². The highest BCUT2D eigenvalue weighted by Crippen LogP contribution is 2.39. The molecule has 0 N–H and O–H groups in total. The van der Waals surface area contributed by atoms with Crippen molar-refractivity contribution in [2.45, 2.75) is 77.5 Å². The van der Waals surface area contributed by atoms with Crippen LogP contribution in [0.3, 0.4) is 0 Å². The number of ether oxygens (including phenoxy) is 1. The van der Waals surface area contributed by atoms with Crippen molar-refractivity contribution >= 4 is 11.9 Å². The van der Waals surface area contributed by atoms with Gasteiger partial charge in [-0.3, -0.25) is 4.79 Å². The Labute approximate surface area is 154 Å². The lowest BCUT2D eigenvalue weighted by atomic mass is 9.75. The molecule has 0 saturated carbocycles. The predicted octanol–water partition coefficient (Wildman–Crippen LogP) is 4.89. The Hall–Kier alpha value is -1.91. The van der Waals surface area contributed by atoms with Crippen LogP contribution < -0.4 is 0 Å². The van der Waals surface area contributed by atoms with Crippen molar-refractivity contribution in [3.05, 3.63) is 35.1 Å². The number of carbonyl (C=O) groups excluding carboxylic acids is 2. The Morgan fingerprint density at radius 2 is 1.77 bits per heavy atom. The lowest BCUT2D eigenvalue weighted by Crippen LogP contribution is -2.56. The highest BCUT2D eigenvalue weighted by Gasteiger charge is 2.44. The van der Waals surface area contributed by atoms with E-state index < -0.39 is 5.60 Å². The van der Waals surface area contributed by atoms with E-state index in [4.69, 9.17) is 4.74 Å². The Kier molecular flexibility index (Phi) is 5.09. The summed E-state index contributed by atoms with van der Waals surface area (Å²) in [6.07, 6.45) is 3.83. The average molecular weight is 361 g/mol. The van der Waals surface area contributed by atoms with Crippen LogP contribution in [0.2, 0.25) is 0 Å². The summed E-state index contributed by atoms with van der Waals surface area (Å²) >= 11 is 0. The third-order valence-corrected chi connectivity index (χ3v) is 5.48. The third-order valence-electron chi connectivity index (χ3n) is 5.48. The second-order valence-electron chi connectivity index (χ2n) is 8.57. The van der Waals surface area contributed by atoms with Crippen LogP contribution in [0.25, 0.3) is 0 Å². The first kappa shape index (κ1) is 18.9. The number of piperidine rings is 2. The highest BCUT2D eigenvalue weighted by atomic mass is 19.1. The zero-order chi connectivity index (χ0) is 19.1. The van der Waals surface area contributed by atoms with Gasteiger partial charge >= 0.3 is 6.09 Å². The molecular formula is C21H28FNO3. The first-order valence-electron chi connectivity index (χ1n) is 9.48. The van der Waals surface area contributed by atoms with E-state index in [1.165, 1.54) is 6.07 Å². The molecular weight excluding hydrogens is 333 g/mol. The van der Waals surface area contributed by atoms with Gasteiger partial charge in [0, 0.05) is 23.6 Å². The lowest BCUT2D eigenvalue weighted by Gasteiger charge is -2.48. The second kappa shape index (κ2) is 7.01. The summed E-state index contributed by atoms with van der Waals surface area (Å²) in [6.45, 7) is 7.25. The zero-order valence-corrected chi connectivity index (χ0v) is 16.0. The van der Waals surface area contributed by atoms with E-state index >= 15 is 0 Å². The van der Waals surface area contributed by atoms with Crippen molar-refractivity contribution in [3.8, 4) is 0 Å². The topological polar surface area (TPSA) is 46.6 Å². The summed E-state index contributed by atoms with van der Waals surface area (Å²) in [4.78, 5) is 27.5. The van der Waals surface area contributed by atoms with Gasteiger partial charge < -0.3 is 9.64 Å². The van der Waals surface area contributed by atoms with E-state index in [0.29, 0.717) is 24.0 Å². The number of rotatable bonds is 2. The Morgan fingerprint density at radius 3 is 2.35 bits per heavy atom. The SMILES string of the molecule is Cc1c(F)cccc1C(=O)C1CC2CCCC(C1)N2C(=O)OC(C)(C)C. The number of fused-ring (bicyclic) bond motifs is 2.